The van der Waals surface area contributed by atoms with Crippen molar-refractivity contribution in [2.45, 2.75) is 51.5 Å². The lowest BCUT2D eigenvalue weighted by molar-refractivity contribution is 0.148. The van der Waals surface area contributed by atoms with Crippen LogP contribution in [0.3, 0.4) is 0 Å². The van der Waals surface area contributed by atoms with E-state index in [9.17, 15) is 0 Å². The van der Waals surface area contributed by atoms with Gasteiger partial charge in [0.25, 0.3) is 0 Å². The Bertz CT molecular complexity index is 1120. The Kier molecular flexibility index (Phi) is 6.71. The molecule has 1 fully saturated rings. The fraction of sp³-hybridized carbons (Fsp3) is 0.433. The van der Waals surface area contributed by atoms with Crippen LogP contribution in [0.1, 0.15) is 72.8 Å². The van der Waals surface area contributed by atoms with E-state index in [0.29, 0.717) is 11.6 Å². The summed E-state index contributed by atoms with van der Waals surface area (Å²) >= 11 is 0. The molecule has 0 spiro atoms. The Morgan fingerprint density at radius 3 is 2.44 bits per heavy atom. The third kappa shape index (κ3) is 4.37. The third-order valence-electron chi connectivity index (χ3n) is 8.16. The lowest BCUT2D eigenvalue weighted by atomic mass is 9.78. The van der Waals surface area contributed by atoms with Crippen molar-refractivity contribution in [3.05, 3.63) is 75.9 Å². The van der Waals surface area contributed by atoms with E-state index in [1.807, 2.05) is 6.07 Å². The summed E-state index contributed by atoms with van der Waals surface area (Å²) in [6.07, 6.45) is 9.45. The molecule has 178 valence electrons. The molecule has 1 aliphatic heterocycles. The van der Waals surface area contributed by atoms with Gasteiger partial charge in [0.1, 0.15) is 0 Å². The largest absolute Gasteiger partial charge is 0.398 e. The molecule has 2 aromatic carbocycles. The zero-order valence-corrected chi connectivity index (χ0v) is 20.7. The first-order valence-electron chi connectivity index (χ1n) is 12.9. The molecule has 1 atom stereocenters. The highest BCUT2D eigenvalue weighted by Gasteiger charge is 2.31. The second kappa shape index (κ2) is 9.89. The van der Waals surface area contributed by atoms with Gasteiger partial charge >= 0.3 is 0 Å². The number of hydrogen-bond acceptors (Lipinski definition) is 4. The summed E-state index contributed by atoms with van der Waals surface area (Å²) in [6.45, 7) is 7.81. The molecule has 4 heteroatoms. The summed E-state index contributed by atoms with van der Waals surface area (Å²) in [4.78, 5) is 4.98. The number of nitrogens with zero attached hydrogens (tertiary/aromatic N) is 2. The fourth-order valence-corrected chi connectivity index (χ4v) is 6.15. The van der Waals surface area contributed by atoms with E-state index in [-0.39, 0.29) is 0 Å². The van der Waals surface area contributed by atoms with Crippen LogP contribution in [0.25, 0.3) is 11.1 Å². The normalized spacial score (nSPS) is 22.9. The molecule has 3 aliphatic rings. The second-order valence-electron chi connectivity index (χ2n) is 10.2. The van der Waals surface area contributed by atoms with Crippen molar-refractivity contribution in [3.8, 4) is 0 Å². The summed E-state index contributed by atoms with van der Waals surface area (Å²) in [5.74, 6) is 0.395. The van der Waals surface area contributed by atoms with E-state index in [0.717, 1.165) is 57.5 Å². The Labute approximate surface area is 204 Å². The standard InChI is InChI=1S/C30H38N4/c1-3-22-18-27(23-10-8-21(9-11-23)20-34-16-14-33(2)15-17-34)25-6-4-5-7-26(25)30-24(22)12-13-29(32)28(30)19-31/h3,8-13,19,27,31H,4-7,14-18,20,32H2,1-2H3/b22-3-,31-19?. The number of piperazine rings is 1. The lowest BCUT2D eigenvalue weighted by Gasteiger charge is -2.32. The maximum Gasteiger partial charge on any atom is 0.0409 e. The monoisotopic (exact) mass is 454 g/mol. The molecule has 0 saturated carbocycles. The van der Waals surface area contributed by atoms with E-state index < -0.39 is 0 Å². The minimum atomic E-state index is 0.395. The highest BCUT2D eigenvalue weighted by Crippen LogP contribution is 2.50. The van der Waals surface area contributed by atoms with Crippen LogP contribution in [0.15, 0.2) is 48.0 Å². The van der Waals surface area contributed by atoms with Gasteiger partial charge in [-0.15, -0.1) is 0 Å². The number of anilines is 1. The molecule has 0 aromatic heterocycles. The van der Waals surface area contributed by atoms with Crippen molar-refractivity contribution < 1.29 is 0 Å². The minimum Gasteiger partial charge on any atom is -0.398 e. The average Bonchev–Trinajstić information content (AvgIpc) is 3.01. The molecule has 2 aliphatic carbocycles. The Hall–Kier alpha value is -2.69. The molecule has 1 saturated heterocycles. The number of benzene rings is 2. The van der Waals surface area contributed by atoms with Crippen LogP contribution in [-0.4, -0.2) is 49.2 Å². The first-order valence-corrected chi connectivity index (χ1v) is 12.9. The van der Waals surface area contributed by atoms with Gasteiger partial charge in [0.15, 0.2) is 0 Å². The van der Waals surface area contributed by atoms with Crippen molar-refractivity contribution >= 4 is 23.0 Å². The van der Waals surface area contributed by atoms with Crippen LogP contribution in [0.4, 0.5) is 5.69 Å². The SMILES string of the molecule is C/C=C1/CC(c2ccc(CN3CCN(C)CC3)cc2)C2=C(CCCC2)c2c1ccc(N)c2C=N. The lowest BCUT2D eigenvalue weighted by Crippen LogP contribution is -2.43. The summed E-state index contributed by atoms with van der Waals surface area (Å²) in [6, 6.07) is 13.6. The van der Waals surface area contributed by atoms with Crippen molar-refractivity contribution in [1.29, 1.82) is 5.41 Å². The van der Waals surface area contributed by atoms with Crippen molar-refractivity contribution in [2.24, 2.45) is 0 Å². The topological polar surface area (TPSA) is 56.4 Å². The highest BCUT2D eigenvalue weighted by molar-refractivity contribution is 5.98. The van der Waals surface area contributed by atoms with E-state index in [4.69, 9.17) is 11.1 Å². The van der Waals surface area contributed by atoms with Crippen molar-refractivity contribution in [3.63, 3.8) is 0 Å². The number of nitrogens with two attached hydrogens (primary N) is 1. The maximum absolute atomic E-state index is 8.13. The molecule has 0 bridgehead atoms. The molecule has 1 unspecified atom stereocenters. The minimum absolute atomic E-state index is 0.395. The van der Waals surface area contributed by atoms with Gasteiger partial charge in [-0.05, 0) is 85.5 Å². The van der Waals surface area contributed by atoms with Gasteiger partial charge in [-0.25, -0.2) is 0 Å². The number of fused-ring (bicyclic) bond motifs is 2. The van der Waals surface area contributed by atoms with Crippen LogP contribution in [0.2, 0.25) is 0 Å². The molecule has 34 heavy (non-hydrogen) atoms. The maximum atomic E-state index is 8.13. The fourth-order valence-electron chi connectivity index (χ4n) is 6.15. The number of nitrogen functional groups attached to an aromatic ring is 1. The molecule has 1 heterocycles. The smallest absolute Gasteiger partial charge is 0.0409 e. The van der Waals surface area contributed by atoms with Crippen LogP contribution in [0.5, 0.6) is 0 Å². The summed E-state index contributed by atoms with van der Waals surface area (Å²) in [5.41, 5.74) is 17.7. The molecule has 0 amide bonds. The summed E-state index contributed by atoms with van der Waals surface area (Å²) in [5, 5.41) is 8.13. The van der Waals surface area contributed by atoms with Gasteiger partial charge < -0.3 is 16.0 Å². The number of allylic oxidation sites excluding steroid dienone is 4. The Morgan fingerprint density at radius 1 is 1.00 bits per heavy atom. The predicted molar refractivity (Wildman–Crippen MR) is 144 cm³/mol. The van der Waals surface area contributed by atoms with Crippen molar-refractivity contribution in [1.82, 2.24) is 9.80 Å². The summed E-state index contributed by atoms with van der Waals surface area (Å²) in [7, 11) is 2.21. The van der Waals surface area contributed by atoms with Gasteiger partial charge in [0, 0.05) is 56.1 Å². The third-order valence-corrected chi connectivity index (χ3v) is 8.16. The molecular formula is C30H38N4. The number of rotatable bonds is 4. The molecule has 4 nitrogen and oxygen atoms in total. The van der Waals surface area contributed by atoms with Gasteiger partial charge in [-0.3, -0.25) is 4.90 Å². The zero-order valence-electron chi connectivity index (χ0n) is 20.7. The van der Waals surface area contributed by atoms with Gasteiger partial charge in [-0.1, -0.05) is 42.0 Å². The van der Waals surface area contributed by atoms with Crippen LogP contribution >= 0.6 is 0 Å². The average molecular weight is 455 g/mol. The van der Waals surface area contributed by atoms with E-state index in [2.05, 4.69) is 60.2 Å². The highest BCUT2D eigenvalue weighted by atomic mass is 15.2. The molecule has 0 radical (unpaired) electrons. The Morgan fingerprint density at radius 2 is 1.74 bits per heavy atom. The van der Waals surface area contributed by atoms with Gasteiger partial charge in [0.05, 0.1) is 0 Å². The molecule has 5 rings (SSSR count). The Balaban J connectivity index is 1.51. The predicted octanol–water partition coefficient (Wildman–Crippen LogP) is 5.93. The quantitative estimate of drug-likeness (QED) is 0.444. The van der Waals surface area contributed by atoms with E-state index >= 15 is 0 Å². The van der Waals surface area contributed by atoms with Crippen LogP contribution in [-0.2, 0) is 6.54 Å². The van der Waals surface area contributed by atoms with Crippen LogP contribution < -0.4 is 5.73 Å². The molecule has 3 N–H and O–H groups in total. The molecule has 2 aromatic rings. The van der Waals surface area contributed by atoms with Crippen LogP contribution in [0, 0.1) is 5.41 Å². The number of hydrogen-bond donors (Lipinski definition) is 2. The first kappa shape index (κ1) is 23.1. The second-order valence-corrected chi connectivity index (χ2v) is 10.2. The molecular weight excluding hydrogens is 416 g/mol. The first-order chi connectivity index (χ1) is 16.6. The number of nitrogens with one attached hydrogen (secondary N) is 1. The zero-order chi connectivity index (χ0) is 23.7. The van der Waals surface area contributed by atoms with Crippen molar-refractivity contribution in [2.75, 3.05) is 39.0 Å². The summed E-state index contributed by atoms with van der Waals surface area (Å²) < 4.78 is 0. The van der Waals surface area contributed by atoms with E-state index in [1.165, 1.54) is 52.5 Å². The van der Waals surface area contributed by atoms with Gasteiger partial charge in [0.2, 0.25) is 0 Å². The van der Waals surface area contributed by atoms with E-state index in [1.54, 1.807) is 5.57 Å². The van der Waals surface area contributed by atoms with Gasteiger partial charge in [-0.2, -0.15) is 0 Å². The number of likely N-dealkylation sites (N-methyl/N-ethyl adjacent to an activating group) is 1.